The lowest BCUT2D eigenvalue weighted by Gasteiger charge is -2.29. The number of carbonyl (C=O) groups excluding carboxylic acids is 1. The van der Waals surface area contributed by atoms with Gasteiger partial charge in [-0.15, -0.1) is 0 Å². The van der Waals surface area contributed by atoms with Crippen LogP contribution in [0.25, 0.3) is 0 Å². The van der Waals surface area contributed by atoms with Gasteiger partial charge in [0.15, 0.2) is 5.78 Å². The van der Waals surface area contributed by atoms with E-state index in [1.165, 1.54) is 12.5 Å². The zero-order valence-corrected chi connectivity index (χ0v) is 12.2. The van der Waals surface area contributed by atoms with Gasteiger partial charge in [-0.1, -0.05) is 30.3 Å². The van der Waals surface area contributed by atoms with Gasteiger partial charge in [0.2, 0.25) is 0 Å². The van der Waals surface area contributed by atoms with Crippen molar-refractivity contribution in [2.45, 2.75) is 33.4 Å². The predicted octanol–water partition coefficient (Wildman–Crippen LogP) is 3.70. The lowest BCUT2D eigenvalue weighted by molar-refractivity contribution is 0.101. The number of ketones is 1. The van der Waals surface area contributed by atoms with Crippen molar-refractivity contribution in [2.75, 3.05) is 4.90 Å². The van der Waals surface area contributed by atoms with Crippen LogP contribution in [-0.2, 0) is 6.54 Å². The summed E-state index contributed by atoms with van der Waals surface area (Å²) < 4.78 is 0. The quantitative estimate of drug-likeness (QED) is 0.775. The maximum absolute atomic E-state index is 11.3. The molecule has 0 unspecified atom stereocenters. The second-order valence-corrected chi connectivity index (χ2v) is 5.17. The highest BCUT2D eigenvalue weighted by molar-refractivity contribution is 5.92. The van der Waals surface area contributed by atoms with Crippen molar-refractivity contribution in [3.05, 3.63) is 59.9 Å². The Hall–Kier alpha value is -2.16. The molecule has 1 heterocycles. The first-order valence-corrected chi connectivity index (χ1v) is 6.85. The molecule has 0 aliphatic heterocycles. The van der Waals surface area contributed by atoms with E-state index in [1.54, 1.807) is 12.3 Å². The summed E-state index contributed by atoms with van der Waals surface area (Å²) >= 11 is 0. The van der Waals surface area contributed by atoms with E-state index in [0.717, 1.165) is 12.2 Å². The summed E-state index contributed by atoms with van der Waals surface area (Å²) in [5.41, 5.74) is 2.81. The molecule has 0 saturated heterocycles. The first kappa shape index (κ1) is 14.3. The van der Waals surface area contributed by atoms with Crippen molar-refractivity contribution in [2.24, 2.45) is 0 Å². The third-order valence-corrected chi connectivity index (χ3v) is 3.26. The van der Waals surface area contributed by atoms with Gasteiger partial charge >= 0.3 is 0 Å². The molecule has 0 bridgehead atoms. The lowest BCUT2D eigenvalue weighted by Crippen LogP contribution is -2.30. The Morgan fingerprint density at radius 3 is 2.35 bits per heavy atom. The highest BCUT2D eigenvalue weighted by atomic mass is 16.1. The number of carbonyl (C=O) groups is 1. The van der Waals surface area contributed by atoms with Gasteiger partial charge in [0.1, 0.15) is 5.69 Å². The Bertz CT molecular complexity index is 561. The van der Waals surface area contributed by atoms with Gasteiger partial charge < -0.3 is 4.90 Å². The van der Waals surface area contributed by atoms with Gasteiger partial charge in [0.25, 0.3) is 0 Å². The van der Waals surface area contributed by atoms with Crippen LogP contribution < -0.4 is 4.90 Å². The van der Waals surface area contributed by atoms with Gasteiger partial charge in [0.05, 0.1) is 11.9 Å². The second-order valence-electron chi connectivity index (χ2n) is 5.17. The molecule has 2 rings (SSSR count). The summed E-state index contributed by atoms with van der Waals surface area (Å²) in [5, 5.41) is 0. The molecule has 0 aliphatic carbocycles. The fourth-order valence-electron chi connectivity index (χ4n) is 2.12. The number of rotatable bonds is 5. The summed E-state index contributed by atoms with van der Waals surface area (Å²) in [6, 6.07) is 14.5. The van der Waals surface area contributed by atoms with Crippen LogP contribution in [0.5, 0.6) is 0 Å². The largest absolute Gasteiger partial charge is 0.364 e. The van der Waals surface area contributed by atoms with Crippen LogP contribution in [0, 0.1) is 0 Å². The normalized spacial score (nSPS) is 10.6. The van der Waals surface area contributed by atoms with Crippen LogP contribution in [0.3, 0.4) is 0 Å². The van der Waals surface area contributed by atoms with Gasteiger partial charge in [-0.3, -0.25) is 9.78 Å². The second kappa shape index (κ2) is 6.33. The molecular weight excluding hydrogens is 248 g/mol. The molecule has 0 aliphatic rings. The Morgan fingerprint density at radius 2 is 1.85 bits per heavy atom. The van der Waals surface area contributed by atoms with E-state index in [9.17, 15) is 4.79 Å². The summed E-state index contributed by atoms with van der Waals surface area (Å²) in [5.74, 6) is -0.00398. The zero-order chi connectivity index (χ0) is 14.5. The van der Waals surface area contributed by atoms with E-state index in [-0.39, 0.29) is 5.78 Å². The van der Waals surface area contributed by atoms with E-state index >= 15 is 0 Å². The third-order valence-electron chi connectivity index (χ3n) is 3.26. The van der Waals surface area contributed by atoms with E-state index in [4.69, 9.17) is 0 Å². The summed E-state index contributed by atoms with van der Waals surface area (Å²) in [7, 11) is 0. The molecule has 1 aromatic carbocycles. The van der Waals surface area contributed by atoms with Crippen LogP contribution in [0.15, 0.2) is 48.7 Å². The first-order chi connectivity index (χ1) is 9.58. The van der Waals surface area contributed by atoms with Crippen LogP contribution in [-0.4, -0.2) is 16.8 Å². The molecule has 3 nitrogen and oxygen atoms in total. The van der Waals surface area contributed by atoms with Crippen LogP contribution in [0.2, 0.25) is 0 Å². The van der Waals surface area contributed by atoms with Crippen molar-refractivity contribution in [1.29, 1.82) is 0 Å². The molecule has 20 heavy (non-hydrogen) atoms. The molecule has 104 valence electrons. The Kier molecular flexibility index (Phi) is 4.51. The summed E-state index contributed by atoms with van der Waals surface area (Å²) in [6.07, 6.45) is 1.78. The highest BCUT2D eigenvalue weighted by Crippen LogP contribution is 2.19. The molecule has 0 saturated carbocycles. The molecule has 0 spiro atoms. The molecule has 0 amide bonds. The van der Waals surface area contributed by atoms with E-state index < -0.39 is 0 Å². The summed E-state index contributed by atoms with van der Waals surface area (Å²) in [6.45, 7) is 6.68. The van der Waals surface area contributed by atoms with Crippen LogP contribution >= 0.6 is 0 Å². The van der Waals surface area contributed by atoms with Gasteiger partial charge in [-0.05, 0) is 31.5 Å². The first-order valence-electron chi connectivity index (χ1n) is 6.85. The average molecular weight is 268 g/mol. The average Bonchev–Trinajstić information content (AvgIpc) is 2.45. The minimum absolute atomic E-state index is 0.00398. The molecule has 0 fully saturated rings. The van der Waals surface area contributed by atoms with Crippen molar-refractivity contribution in [3.8, 4) is 0 Å². The summed E-state index contributed by atoms with van der Waals surface area (Å²) in [4.78, 5) is 17.8. The number of pyridine rings is 1. The molecule has 3 heteroatoms. The Balaban J connectivity index is 2.22. The Labute approximate surface area is 120 Å². The van der Waals surface area contributed by atoms with Gasteiger partial charge in [-0.25, -0.2) is 0 Å². The molecular formula is C17H20N2O. The number of benzene rings is 1. The topological polar surface area (TPSA) is 33.2 Å². The predicted molar refractivity (Wildman–Crippen MR) is 82.0 cm³/mol. The molecule has 2 aromatic rings. The van der Waals surface area contributed by atoms with Gasteiger partial charge in [-0.2, -0.15) is 0 Å². The highest BCUT2D eigenvalue weighted by Gasteiger charge is 2.12. The van der Waals surface area contributed by atoms with E-state index in [2.05, 4.69) is 35.9 Å². The minimum atomic E-state index is -0.00398. The number of Topliss-reactive ketones (excluding diaryl/α,β-unsaturated/α-hetero) is 1. The Morgan fingerprint density at radius 1 is 1.15 bits per heavy atom. The fraction of sp³-hybridized carbons (Fsp3) is 0.294. The van der Waals surface area contributed by atoms with Crippen LogP contribution in [0.4, 0.5) is 5.69 Å². The number of hydrogen-bond donors (Lipinski definition) is 0. The van der Waals surface area contributed by atoms with Crippen molar-refractivity contribution in [3.63, 3.8) is 0 Å². The van der Waals surface area contributed by atoms with Crippen molar-refractivity contribution < 1.29 is 4.79 Å². The molecule has 0 N–H and O–H groups in total. The number of aromatic nitrogens is 1. The standard InChI is InChI=1S/C17H20N2O/c1-13(2)19(12-15-7-5-4-6-8-15)16-9-10-17(14(3)20)18-11-16/h4-11,13H,12H2,1-3H3. The van der Waals surface area contributed by atoms with Crippen molar-refractivity contribution in [1.82, 2.24) is 4.98 Å². The monoisotopic (exact) mass is 268 g/mol. The maximum atomic E-state index is 11.3. The number of nitrogens with zero attached hydrogens (tertiary/aromatic N) is 2. The smallest absolute Gasteiger partial charge is 0.178 e. The van der Waals surface area contributed by atoms with Crippen molar-refractivity contribution >= 4 is 11.5 Å². The molecule has 0 radical (unpaired) electrons. The van der Waals surface area contributed by atoms with Gasteiger partial charge in [0, 0.05) is 19.5 Å². The maximum Gasteiger partial charge on any atom is 0.178 e. The minimum Gasteiger partial charge on any atom is -0.364 e. The zero-order valence-electron chi connectivity index (χ0n) is 12.2. The number of hydrogen-bond acceptors (Lipinski definition) is 3. The van der Waals surface area contributed by atoms with E-state index in [0.29, 0.717) is 11.7 Å². The van der Waals surface area contributed by atoms with Crippen LogP contribution in [0.1, 0.15) is 36.8 Å². The SMILES string of the molecule is CC(=O)c1ccc(N(Cc2ccccc2)C(C)C)cn1. The molecule has 1 aromatic heterocycles. The van der Waals surface area contributed by atoms with E-state index in [1.807, 2.05) is 24.3 Å². The fourth-order valence-corrected chi connectivity index (χ4v) is 2.12. The number of anilines is 1. The third kappa shape index (κ3) is 3.44. The lowest BCUT2D eigenvalue weighted by atomic mass is 10.1. The molecule has 0 atom stereocenters.